The van der Waals surface area contributed by atoms with Gasteiger partial charge in [-0.3, -0.25) is 0 Å². The van der Waals surface area contributed by atoms with Crippen LogP contribution in [0.4, 0.5) is 0 Å². The third kappa shape index (κ3) is 5.03. The minimum Gasteiger partial charge on any atom is -0.394 e. The molecule has 0 amide bonds. The molecule has 6 fully saturated rings. The normalized spacial score (nSPS) is 56.3. The number of fused-ring (bicyclic) bond motifs is 7. The van der Waals surface area contributed by atoms with E-state index < -0.39 is 43.1 Å². The van der Waals surface area contributed by atoms with Crippen LogP contribution in [0.25, 0.3) is 0 Å². The molecule has 4 saturated carbocycles. The molecule has 6 rings (SSSR count). The molecule has 0 aromatic heterocycles. The third-order valence-electron chi connectivity index (χ3n) is 14.0. The zero-order valence-electron chi connectivity index (χ0n) is 26.5. The van der Waals surface area contributed by atoms with E-state index in [0.29, 0.717) is 30.1 Å². The van der Waals surface area contributed by atoms with Crippen LogP contribution in [0.3, 0.4) is 0 Å². The molecule has 0 radical (unpaired) electrons. The van der Waals surface area contributed by atoms with E-state index in [4.69, 9.17) is 14.2 Å². The molecule has 0 spiro atoms. The molecule has 2 heterocycles. The highest BCUT2D eigenvalue weighted by Crippen LogP contribution is 2.71. The minimum absolute atomic E-state index is 0.0468. The van der Waals surface area contributed by atoms with Gasteiger partial charge in [0.2, 0.25) is 0 Å². The fraction of sp³-hybridized carbons (Fsp3) is 1.00. The van der Waals surface area contributed by atoms with Crippen molar-refractivity contribution in [1.29, 1.82) is 0 Å². The van der Waals surface area contributed by atoms with Gasteiger partial charge in [-0.1, -0.05) is 41.0 Å². The molecule has 17 atom stereocenters. The Labute approximate surface area is 252 Å². The van der Waals surface area contributed by atoms with Crippen LogP contribution in [0.5, 0.6) is 0 Å². The predicted molar refractivity (Wildman–Crippen MR) is 157 cm³/mol. The number of hydrogen-bond donors (Lipinski definition) is 5. The summed E-state index contributed by atoms with van der Waals surface area (Å²) in [6.45, 7) is 11.6. The maximum Gasteiger partial charge on any atom is 0.186 e. The van der Waals surface area contributed by atoms with E-state index in [9.17, 15) is 25.5 Å². The highest BCUT2D eigenvalue weighted by molar-refractivity contribution is 5.14. The summed E-state index contributed by atoms with van der Waals surface area (Å²) in [4.78, 5) is 0. The smallest absolute Gasteiger partial charge is 0.186 e. The van der Waals surface area contributed by atoms with Gasteiger partial charge in [0.15, 0.2) is 12.1 Å². The fourth-order valence-corrected chi connectivity index (χ4v) is 11.5. The Morgan fingerprint density at radius 1 is 0.905 bits per heavy atom. The fourth-order valence-electron chi connectivity index (χ4n) is 11.5. The van der Waals surface area contributed by atoms with Gasteiger partial charge in [0.05, 0.1) is 19.3 Å². The quantitative estimate of drug-likeness (QED) is 0.301. The van der Waals surface area contributed by atoms with E-state index >= 15 is 0 Å². The lowest BCUT2D eigenvalue weighted by molar-refractivity contribution is -0.303. The Balaban J connectivity index is 1.05. The number of rotatable bonds is 7. The van der Waals surface area contributed by atoms with Crippen LogP contribution in [0.1, 0.15) is 98.8 Å². The molecule has 5 N–H and O–H groups in total. The Hall–Kier alpha value is -0.320. The molecule has 8 heteroatoms. The highest BCUT2D eigenvalue weighted by atomic mass is 16.7. The molecule has 2 aliphatic heterocycles. The number of hydrogen-bond acceptors (Lipinski definition) is 8. The Morgan fingerprint density at radius 3 is 2.38 bits per heavy atom. The van der Waals surface area contributed by atoms with Crippen molar-refractivity contribution < 1.29 is 39.7 Å². The highest BCUT2D eigenvalue weighted by Gasteiger charge is 2.68. The zero-order chi connectivity index (χ0) is 30.2. The van der Waals surface area contributed by atoms with Crippen LogP contribution in [-0.2, 0) is 14.2 Å². The van der Waals surface area contributed by atoms with Crippen LogP contribution in [0, 0.1) is 58.2 Å². The van der Waals surface area contributed by atoms with Gasteiger partial charge in [-0.25, -0.2) is 0 Å². The van der Waals surface area contributed by atoms with Crippen molar-refractivity contribution in [2.75, 3.05) is 13.2 Å². The topological polar surface area (TPSA) is 129 Å². The maximum absolute atomic E-state index is 11.8. The Morgan fingerprint density at radius 2 is 1.64 bits per heavy atom. The second-order valence-electron chi connectivity index (χ2n) is 16.3. The van der Waals surface area contributed by atoms with Crippen molar-refractivity contribution >= 4 is 0 Å². The lowest BCUT2D eigenvalue weighted by atomic mass is 9.44. The van der Waals surface area contributed by atoms with Crippen molar-refractivity contribution in [2.24, 2.45) is 58.2 Å². The van der Waals surface area contributed by atoms with Gasteiger partial charge in [-0.15, -0.1) is 0 Å². The van der Waals surface area contributed by atoms with Crippen LogP contribution in [0.2, 0.25) is 0 Å². The summed E-state index contributed by atoms with van der Waals surface area (Å²) < 4.78 is 17.9. The van der Waals surface area contributed by atoms with Crippen molar-refractivity contribution in [3.8, 4) is 0 Å². The molecule has 6 aliphatic rings. The maximum atomic E-state index is 11.8. The first kappa shape index (κ1) is 31.7. The monoisotopic (exact) mass is 594 g/mol. The molecule has 42 heavy (non-hydrogen) atoms. The number of aliphatic hydroxyl groups excluding tert-OH is 4. The van der Waals surface area contributed by atoms with E-state index in [1.165, 1.54) is 44.9 Å². The van der Waals surface area contributed by atoms with Gasteiger partial charge in [-0.05, 0) is 104 Å². The van der Waals surface area contributed by atoms with E-state index in [1.807, 2.05) is 6.92 Å². The van der Waals surface area contributed by atoms with E-state index in [0.717, 1.165) is 30.1 Å². The lowest BCUT2D eigenvalue weighted by Crippen LogP contribution is -2.59. The van der Waals surface area contributed by atoms with Crippen LogP contribution in [0.15, 0.2) is 0 Å². The molecule has 4 aliphatic carbocycles. The molecule has 242 valence electrons. The molecule has 0 bridgehead atoms. The molecule has 0 aromatic rings. The molecule has 8 nitrogen and oxygen atoms in total. The van der Waals surface area contributed by atoms with Crippen molar-refractivity contribution in [2.45, 2.75) is 141 Å². The first-order chi connectivity index (χ1) is 19.8. The number of ether oxygens (including phenoxy) is 3. The minimum atomic E-state index is -1.45. The summed E-state index contributed by atoms with van der Waals surface area (Å²) >= 11 is 0. The van der Waals surface area contributed by atoms with E-state index in [-0.39, 0.29) is 30.0 Å². The summed E-state index contributed by atoms with van der Waals surface area (Å²) in [5, 5.41) is 51.6. The summed E-state index contributed by atoms with van der Waals surface area (Å²) in [6.07, 6.45) is 5.62. The summed E-state index contributed by atoms with van der Waals surface area (Å²) in [7, 11) is 0. The lowest BCUT2D eigenvalue weighted by Gasteiger charge is -2.61. The average Bonchev–Trinajstić information content (AvgIpc) is 3.39. The van der Waals surface area contributed by atoms with Gasteiger partial charge < -0.3 is 39.7 Å². The van der Waals surface area contributed by atoms with E-state index in [2.05, 4.69) is 27.7 Å². The summed E-state index contributed by atoms with van der Waals surface area (Å²) in [6, 6.07) is 0. The van der Waals surface area contributed by atoms with Crippen molar-refractivity contribution in [1.82, 2.24) is 0 Å². The first-order valence-corrected chi connectivity index (χ1v) is 17.1. The van der Waals surface area contributed by atoms with Gasteiger partial charge >= 0.3 is 0 Å². The summed E-state index contributed by atoms with van der Waals surface area (Å²) in [5.41, 5.74) is 0.730. The van der Waals surface area contributed by atoms with Crippen LogP contribution in [-0.4, -0.2) is 81.3 Å². The summed E-state index contributed by atoms with van der Waals surface area (Å²) in [5.74, 6) is 3.47. The zero-order valence-corrected chi connectivity index (χ0v) is 26.5. The first-order valence-electron chi connectivity index (χ1n) is 17.1. The molecule has 0 aromatic carbocycles. The molecular formula is C34H58O8. The molecular weight excluding hydrogens is 536 g/mol. The van der Waals surface area contributed by atoms with Gasteiger partial charge in [0.25, 0.3) is 0 Å². The Kier molecular flexibility index (Phi) is 8.66. The third-order valence-corrected chi connectivity index (χ3v) is 14.0. The van der Waals surface area contributed by atoms with Gasteiger partial charge in [-0.2, -0.15) is 0 Å². The standard InChI is InChI=1S/C34H58O8/c1-18-8-11-32(4)21(14-18)6-7-22-23(32)10-12-33(5)24(22)15-25-27(33)20(3)34(39,42-25)13-9-19(2)17-40-31-30(38)29(37)28(36)26(16-35)41-31/h18-31,35-39H,6-17H2,1-5H3/t18-,19+,20-,21-,22+,23-,24-,25?,26?,27?,28?,29?,30?,31?,32-,33-,34+/m0/s1. The second-order valence-corrected chi connectivity index (χ2v) is 16.3. The number of aliphatic hydroxyl groups is 5. The van der Waals surface area contributed by atoms with Crippen LogP contribution < -0.4 is 0 Å². The largest absolute Gasteiger partial charge is 0.394 e. The predicted octanol–water partition coefficient (Wildman–Crippen LogP) is 3.85. The van der Waals surface area contributed by atoms with Crippen molar-refractivity contribution in [3.63, 3.8) is 0 Å². The molecule has 2 saturated heterocycles. The Bertz CT molecular complexity index is 962. The van der Waals surface area contributed by atoms with Gasteiger partial charge in [0.1, 0.15) is 24.4 Å². The SMILES string of the molecule is C[C@H](CC[C@@]1(O)OC2C[C@H]3[C@@H]4CC[C@H]5C[C@@H](C)CC[C@]5(C)[C@H]4CC[C@]3(C)C2[C@@H]1C)COC1OC(CO)C(O)C(O)C1O. The second kappa shape index (κ2) is 11.5. The molecule has 7 unspecified atom stereocenters. The van der Waals surface area contributed by atoms with Gasteiger partial charge in [0, 0.05) is 12.3 Å². The van der Waals surface area contributed by atoms with Crippen LogP contribution >= 0.6 is 0 Å². The van der Waals surface area contributed by atoms with E-state index in [1.54, 1.807) is 0 Å². The van der Waals surface area contributed by atoms with Crippen molar-refractivity contribution in [3.05, 3.63) is 0 Å². The average molecular weight is 595 g/mol.